The van der Waals surface area contributed by atoms with Gasteiger partial charge in [0.15, 0.2) is 0 Å². The summed E-state index contributed by atoms with van der Waals surface area (Å²) in [7, 11) is 3.20. The predicted molar refractivity (Wildman–Crippen MR) is 80.8 cm³/mol. The summed E-state index contributed by atoms with van der Waals surface area (Å²) in [6.45, 7) is 4.30. The molecule has 1 N–H and O–H groups in total. The largest absolute Gasteiger partial charge is 0.465 e. The van der Waals surface area contributed by atoms with Crippen molar-refractivity contribution in [2.45, 2.75) is 39.0 Å². The van der Waals surface area contributed by atoms with Gasteiger partial charge in [-0.3, -0.25) is 4.79 Å². The summed E-state index contributed by atoms with van der Waals surface area (Å²) in [5.74, 6) is -0.300. The quantitative estimate of drug-likeness (QED) is 0.299. The maximum atomic E-state index is 11.8. The van der Waals surface area contributed by atoms with Crippen LogP contribution >= 0.6 is 0 Å². The Kier molecular flexibility index (Phi) is 13.8. The highest BCUT2D eigenvalue weighted by Gasteiger charge is 2.18. The normalized spacial score (nSPS) is 12.6. The molecule has 0 aromatic heterocycles. The monoisotopic (exact) mass is 305 g/mol. The first-order chi connectivity index (χ1) is 10.2. The number of esters is 1. The van der Waals surface area contributed by atoms with Crippen molar-refractivity contribution in [1.29, 1.82) is 0 Å². The summed E-state index contributed by atoms with van der Waals surface area (Å²) in [6, 6.07) is 0. The van der Waals surface area contributed by atoms with Gasteiger partial charge in [0.2, 0.25) is 0 Å². The Balaban J connectivity index is 3.66. The average Bonchev–Trinajstić information content (AvgIpc) is 2.49. The number of methoxy groups -OCH3 is 1. The van der Waals surface area contributed by atoms with Gasteiger partial charge in [-0.2, -0.15) is 5.06 Å². The Morgan fingerprint density at radius 1 is 1.19 bits per heavy atom. The van der Waals surface area contributed by atoms with Crippen LogP contribution in [0.2, 0.25) is 0 Å². The van der Waals surface area contributed by atoms with E-state index in [0.717, 1.165) is 38.6 Å². The summed E-state index contributed by atoms with van der Waals surface area (Å²) in [5.41, 5.74) is 0. The molecule has 0 saturated carbocycles. The van der Waals surface area contributed by atoms with Gasteiger partial charge in [-0.1, -0.05) is 13.3 Å². The minimum atomic E-state index is -0.155. The van der Waals surface area contributed by atoms with Crippen molar-refractivity contribution in [1.82, 2.24) is 5.06 Å². The van der Waals surface area contributed by atoms with E-state index in [2.05, 4.69) is 0 Å². The van der Waals surface area contributed by atoms with E-state index in [4.69, 9.17) is 19.4 Å². The van der Waals surface area contributed by atoms with Gasteiger partial charge < -0.3 is 19.4 Å². The number of carbonyl (C=O) groups is 1. The number of nitrogens with zero attached hydrogens (tertiary/aromatic N) is 1. The van der Waals surface area contributed by atoms with Crippen molar-refractivity contribution in [3.63, 3.8) is 0 Å². The molecule has 0 heterocycles. The third kappa shape index (κ3) is 10.6. The molecule has 1 atom stereocenters. The summed E-state index contributed by atoms with van der Waals surface area (Å²) < 4.78 is 10.3. The van der Waals surface area contributed by atoms with Gasteiger partial charge in [-0.25, -0.2) is 0 Å². The molecule has 0 saturated heterocycles. The van der Waals surface area contributed by atoms with Gasteiger partial charge in [-0.15, -0.1) is 0 Å². The first-order valence-corrected chi connectivity index (χ1v) is 7.75. The average molecular weight is 305 g/mol. The lowest BCUT2D eigenvalue weighted by atomic mass is 10.1. The molecule has 1 unspecified atom stereocenters. The molecule has 0 radical (unpaired) electrons. The Morgan fingerprint density at radius 2 is 1.95 bits per heavy atom. The summed E-state index contributed by atoms with van der Waals surface area (Å²) in [5, 5.41) is 10.5. The van der Waals surface area contributed by atoms with Gasteiger partial charge in [0.25, 0.3) is 0 Å². The van der Waals surface area contributed by atoms with Gasteiger partial charge in [0, 0.05) is 20.2 Å². The molecule has 0 rings (SSSR count). The zero-order chi connectivity index (χ0) is 15.9. The van der Waals surface area contributed by atoms with Crippen molar-refractivity contribution in [3.8, 4) is 0 Å². The molecule has 0 aromatic carbocycles. The molecule has 0 aliphatic carbocycles. The highest BCUT2D eigenvalue weighted by molar-refractivity contribution is 5.72. The van der Waals surface area contributed by atoms with Crippen LogP contribution in [0.1, 0.15) is 39.0 Å². The van der Waals surface area contributed by atoms with E-state index in [1.54, 1.807) is 19.3 Å². The number of rotatable bonds is 14. The fourth-order valence-electron chi connectivity index (χ4n) is 2.08. The summed E-state index contributed by atoms with van der Waals surface area (Å²) >= 11 is 0. The van der Waals surface area contributed by atoms with Crippen LogP contribution in [-0.4, -0.2) is 63.3 Å². The van der Waals surface area contributed by atoms with E-state index in [-0.39, 0.29) is 18.5 Å². The maximum absolute atomic E-state index is 11.8. The molecular formula is C15H31NO5. The van der Waals surface area contributed by atoms with E-state index in [1.165, 1.54) is 0 Å². The van der Waals surface area contributed by atoms with Crippen molar-refractivity contribution in [3.05, 3.63) is 0 Å². The second-order valence-electron chi connectivity index (χ2n) is 5.00. The third-order valence-electron chi connectivity index (χ3n) is 3.24. The van der Waals surface area contributed by atoms with Crippen LogP contribution in [0.3, 0.4) is 0 Å². The lowest BCUT2D eigenvalue weighted by molar-refractivity contribution is -0.151. The molecule has 0 aliphatic heterocycles. The number of unbranched alkanes of at least 4 members (excludes halogenated alkanes) is 2. The van der Waals surface area contributed by atoms with Gasteiger partial charge in [0.05, 0.1) is 32.8 Å². The van der Waals surface area contributed by atoms with E-state index < -0.39 is 0 Å². The van der Waals surface area contributed by atoms with Gasteiger partial charge in [0.1, 0.15) is 0 Å². The fourth-order valence-corrected chi connectivity index (χ4v) is 2.08. The molecule has 0 aliphatic rings. The number of hydroxylamine groups is 2. The number of carbonyl (C=O) groups excluding carboxylic acids is 1. The molecular weight excluding hydrogens is 274 g/mol. The number of ether oxygens (including phenoxy) is 2. The summed E-state index contributed by atoms with van der Waals surface area (Å²) in [6.07, 6.45) is 4.49. The molecule has 21 heavy (non-hydrogen) atoms. The van der Waals surface area contributed by atoms with E-state index in [9.17, 15) is 4.79 Å². The highest BCUT2D eigenvalue weighted by atomic mass is 16.7. The first-order valence-electron chi connectivity index (χ1n) is 7.75. The number of aliphatic hydroxyl groups is 1. The Bertz CT molecular complexity index is 244. The SMILES string of the molecule is CCCC(COC)C(=O)OCCCCCN(CCO)OC. The van der Waals surface area contributed by atoms with E-state index in [1.807, 2.05) is 6.92 Å². The maximum Gasteiger partial charge on any atom is 0.311 e. The zero-order valence-electron chi connectivity index (χ0n) is 13.7. The van der Waals surface area contributed by atoms with Crippen LogP contribution in [0.4, 0.5) is 0 Å². The lowest BCUT2D eigenvalue weighted by Crippen LogP contribution is -2.27. The molecule has 0 spiro atoms. The number of aliphatic hydroxyl groups excluding tert-OH is 1. The summed E-state index contributed by atoms with van der Waals surface area (Å²) in [4.78, 5) is 16.9. The Morgan fingerprint density at radius 3 is 2.52 bits per heavy atom. The highest BCUT2D eigenvalue weighted by Crippen LogP contribution is 2.10. The van der Waals surface area contributed by atoms with Crippen molar-refractivity contribution in [2.75, 3.05) is 47.1 Å². The van der Waals surface area contributed by atoms with Crippen LogP contribution in [0, 0.1) is 5.92 Å². The standard InChI is InChI=1S/C15H31NO5/c1-4-8-14(13-19-2)15(18)21-12-7-5-6-9-16(20-3)10-11-17/h14,17H,4-13H2,1-3H3. The van der Waals surface area contributed by atoms with Crippen molar-refractivity contribution >= 4 is 5.97 Å². The number of hydrogen-bond donors (Lipinski definition) is 1. The van der Waals surface area contributed by atoms with Crippen LogP contribution in [0.5, 0.6) is 0 Å². The lowest BCUT2D eigenvalue weighted by Gasteiger charge is -2.18. The third-order valence-corrected chi connectivity index (χ3v) is 3.24. The van der Waals surface area contributed by atoms with Crippen LogP contribution < -0.4 is 0 Å². The first kappa shape index (κ1) is 20.3. The molecule has 0 aromatic rings. The predicted octanol–water partition coefficient (Wildman–Crippen LogP) is 1.62. The Labute approximate surface area is 128 Å². The molecule has 0 bridgehead atoms. The second-order valence-corrected chi connectivity index (χ2v) is 5.00. The van der Waals surface area contributed by atoms with Gasteiger partial charge >= 0.3 is 5.97 Å². The van der Waals surface area contributed by atoms with E-state index >= 15 is 0 Å². The van der Waals surface area contributed by atoms with Crippen molar-refractivity contribution in [2.24, 2.45) is 5.92 Å². The van der Waals surface area contributed by atoms with Crippen molar-refractivity contribution < 1.29 is 24.2 Å². The zero-order valence-corrected chi connectivity index (χ0v) is 13.7. The molecule has 0 fully saturated rings. The molecule has 126 valence electrons. The topological polar surface area (TPSA) is 68.2 Å². The second kappa shape index (κ2) is 14.3. The van der Waals surface area contributed by atoms with E-state index in [0.29, 0.717) is 19.8 Å². The number of hydrogen-bond acceptors (Lipinski definition) is 6. The Hall–Kier alpha value is -0.690. The minimum Gasteiger partial charge on any atom is -0.465 e. The smallest absolute Gasteiger partial charge is 0.311 e. The van der Waals surface area contributed by atoms with Crippen LogP contribution in [-0.2, 0) is 19.1 Å². The molecule has 0 amide bonds. The molecule has 6 heteroatoms. The molecule has 6 nitrogen and oxygen atoms in total. The van der Waals surface area contributed by atoms with Crippen LogP contribution in [0.15, 0.2) is 0 Å². The minimum absolute atomic E-state index is 0.0871. The fraction of sp³-hybridized carbons (Fsp3) is 0.933. The van der Waals surface area contributed by atoms with Crippen LogP contribution in [0.25, 0.3) is 0 Å². The van der Waals surface area contributed by atoms with Gasteiger partial charge in [-0.05, 0) is 25.7 Å².